The van der Waals surface area contributed by atoms with Crippen molar-refractivity contribution >= 4 is 34.8 Å². The first-order valence-electron chi connectivity index (χ1n) is 9.50. The molecule has 0 heterocycles. The van der Waals surface area contributed by atoms with Gasteiger partial charge in [0.2, 0.25) is 0 Å². The summed E-state index contributed by atoms with van der Waals surface area (Å²) in [6.45, 7) is 8.51. The summed E-state index contributed by atoms with van der Waals surface area (Å²) >= 11 is 5.22. The SMILES string of the molecule is CC(C)COc1cccc(C(=O)NC(=S)Nc2ccc(C(=O)NC(C)C)cc2)c1. The first-order chi connectivity index (χ1) is 13.7. The Kier molecular flexibility index (Phi) is 8.15. The van der Waals surface area contributed by atoms with Crippen LogP contribution in [-0.2, 0) is 0 Å². The number of carbonyl (C=O) groups is 2. The van der Waals surface area contributed by atoms with Gasteiger partial charge in [0.15, 0.2) is 5.11 Å². The second-order valence-corrected chi connectivity index (χ2v) is 7.75. The minimum absolute atomic E-state index is 0.0670. The number of amides is 2. The van der Waals surface area contributed by atoms with E-state index in [9.17, 15) is 9.59 Å². The van der Waals surface area contributed by atoms with E-state index in [1.54, 1.807) is 42.5 Å². The van der Waals surface area contributed by atoms with Gasteiger partial charge in [-0.3, -0.25) is 14.9 Å². The Bertz CT molecular complexity index is 864. The average molecular weight is 414 g/mol. The average Bonchev–Trinajstić information content (AvgIpc) is 2.66. The van der Waals surface area contributed by atoms with E-state index < -0.39 is 0 Å². The molecule has 3 N–H and O–H groups in total. The van der Waals surface area contributed by atoms with Crippen molar-refractivity contribution < 1.29 is 14.3 Å². The van der Waals surface area contributed by atoms with E-state index in [2.05, 4.69) is 29.8 Å². The number of hydrogen-bond donors (Lipinski definition) is 3. The highest BCUT2D eigenvalue weighted by molar-refractivity contribution is 7.80. The number of rotatable bonds is 7. The Morgan fingerprint density at radius 2 is 1.66 bits per heavy atom. The number of nitrogens with one attached hydrogen (secondary N) is 3. The summed E-state index contributed by atoms with van der Waals surface area (Å²) < 4.78 is 5.65. The molecule has 0 saturated heterocycles. The molecule has 2 aromatic rings. The first-order valence-corrected chi connectivity index (χ1v) is 9.91. The molecule has 0 aliphatic heterocycles. The van der Waals surface area contributed by atoms with E-state index in [1.165, 1.54) is 0 Å². The molecular formula is C22H27N3O3S. The molecule has 0 aromatic heterocycles. The third-order valence-electron chi connectivity index (χ3n) is 3.73. The van der Waals surface area contributed by atoms with Gasteiger partial charge in [0, 0.05) is 22.9 Å². The molecule has 2 rings (SSSR count). The zero-order valence-corrected chi connectivity index (χ0v) is 17.9. The lowest BCUT2D eigenvalue weighted by Crippen LogP contribution is -2.34. The van der Waals surface area contributed by atoms with Gasteiger partial charge in [-0.05, 0) is 74.4 Å². The maximum atomic E-state index is 12.4. The second-order valence-electron chi connectivity index (χ2n) is 7.35. The summed E-state index contributed by atoms with van der Waals surface area (Å²) in [6.07, 6.45) is 0. The molecule has 154 valence electrons. The summed E-state index contributed by atoms with van der Waals surface area (Å²) in [5.74, 6) is 0.569. The van der Waals surface area contributed by atoms with Crippen molar-refractivity contribution in [3.05, 3.63) is 59.7 Å². The van der Waals surface area contributed by atoms with E-state index in [-0.39, 0.29) is 23.0 Å². The smallest absolute Gasteiger partial charge is 0.257 e. The molecule has 2 amide bonds. The largest absolute Gasteiger partial charge is 0.493 e. The fourth-order valence-electron chi connectivity index (χ4n) is 2.38. The van der Waals surface area contributed by atoms with Crippen LogP contribution in [0.2, 0.25) is 0 Å². The van der Waals surface area contributed by atoms with Crippen LogP contribution < -0.4 is 20.7 Å². The lowest BCUT2D eigenvalue weighted by Gasteiger charge is -2.12. The van der Waals surface area contributed by atoms with Gasteiger partial charge in [-0.1, -0.05) is 19.9 Å². The standard InChI is InChI=1S/C22H27N3O3S/c1-14(2)13-28-19-7-5-6-17(12-19)21(27)25-22(29)24-18-10-8-16(9-11-18)20(26)23-15(3)4/h5-12,14-15H,13H2,1-4H3,(H,23,26)(H2,24,25,27,29). The van der Waals surface area contributed by atoms with Crippen LogP contribution in [0, 0.1) is 5.92 Å². The van der Waals surface area contributed by atoms with Crippen molar-refractivity contribution in [2.45, 2.75) is 33.7 Å². The van der Waals surface area contributed by atoms with Gasteiger partial charge >= 0.3 is 0 Å². The molecule has 0 saturated carbocycles. The van der Waals surface area contributed by atoms with Crippen LogP contribution in [0.4, 0.5) is 5.69 Å². The molecule has 0 atom stereocenters. The highest BCUT2D eigenvalue weighted by Gasteiger charge is 2.10. The van der Waals surface area contributed by atoms with Gasteiger partial charge < -0.3 is 15.4 Å². The monoisotopic (exact) mass is 413 g/mol. The maximum absolute atomic E-state index is 12.4. The minimum Gasteiger partial charge on any atom is -0.493 e. The Morgan fingerprint density at radius 3 is 2.28 bits per heavy atom. The Morgan fingerprint density at radius 1 is 0.966 bits per heavy atom. The lowest BCUT2D eigenvalue weighted by atomic mass is 10.2. The van der Waals surface area contributed by atoms with Gasteiger partial charge in [-0.15, -0.1) is 0 Å². The predicted octanol–water partition coefficient (Wildman–Crippen LogP) is 3.99. The van der Waals surface area contributed by atoms with Crippen molar-refractivity contribution in [1.29, 1.82) is 0 Å². The van der Waals surface area contributed by atoms with Crippen LogP contribution >= 0.6 is 12.2 Å². The minimum atomic E-state index is -0.328. The maximum Gasteiger partial charge on any atom is 0.257 e. The summed E-state index contributed by atoms with van der Waals surface area (Å²) in [6, 6.07) is 13.9. The fourth-order valence-corrected chi connectivity index (χ4v) is 2.59. The van der Waals surface area contributed by atoms with E-state index >= 15 is 0 Å². The van der Waals surface area contributed by atoms with Crippen molar-refractivity contribution in [2.24, 2.45) is 5.92 Å². The third-order valence-corrected chi connectivity index (χ3v) is 3.94. The lowest BCUT2D eigenvalue weighted by molar-refractivity contribution is 0.0941. The normalized spacial score (nSPS) is 10.6. The Hall–Kier alpha value is -2.93. The van der Waals surface area contributed by atoms with Crippen molar-refractivity contribution in [2.75, 3.05) is 11.9 Å². The van der Waals surface area contributed by atoms with Crippen LogP contribution in [0.1, 0.15) is 48.4 Å². The van der Waals surface area contributed by atoms with E-state index in [0.717, 1.165) is 0 Å². The second kappa shape index (κ2) is 10.6. The van der Waals surface area contributed by atoms with Gasteiger partial charge in [-0.25, -0.2) is 0 Å². The van der Waals surface area contributed by atoms with E-state index in [0.29, 0.717) is 35.1 Å². The van der Waals surface area contributed by atoms with Crippen LogP contribution in [0.15, 0.2) is 48.5 Å². The zero-order chi connectivity index (χ0) is 21.4. The molecule has 0 aliphatic rings. The highest BCUT2D eigenvalue weighted by atomic mass is 32.1. The van der Waals surface area contributed by atoms with Gasteiger partial charge in [-0.2, -0.15) is 0 Å². The molecular weight excluding hydrogens is 386 g/mol. The third kappa shape index (κ3) is 7.54. The van der Waals surface area contributed by atoms with E-state index in [1.807, 2.05) is 19.9 Å². The van der Waals surface area contributed by atoms with Crippen LogP contribution in [0.3, 0.4) is 0 Å². The van der Waals surface area contributed by atoms with Crippen molar-refractivity contribution in [1.82, 2.24) is 10.6 Å². The quantitative estimate of drug-likeness (QED) is 0.598. The molecule has 0 fully saturated rings. The summed E-state index contributed by atoms with van der Waals surface area (Å²) in [5.41, 5.74) is 1.68. The number of hydrogen-bond acceptors (Lipinski definition) is 4. The molecule has 0 spiro atoms. The molecule has 0 aliphatic carbocycles. The number of ether oxygens (including phenoxy) is 1. The molecule has 2 aromatic carbocycles. The topological polar surface area (TPSA) is 79.5 Å². The predicted molar refractivity (Wildman–Crippen MR) is 120 cm³/mol. The summed E-state index contributed by atoms with van der Waals surface area (Å²) in [4.78, 5) is 24.4. The van der Waals surface area contributed by atoms with Gasteiger partial charge in [0.1, 0.15) is 5.75 Å². The Balaban J connectivity index is 1.92. The highest BCUT2D eigenvalue weighted by Crippen LogP contribution is 2.15. The summed E-state index contributed by atoms with van der Waals surface area (Å²) in [5, 5.41) is 8.59. The molecule has 6 nitrogen and oxygen atoms in total. The van der Waals surface area contributed by atoms with Crippen LogP contribution in [0.25, 0.3) is 0 Å². The molecule has 0 bridgehead atoms. The first kappa shape index (κ1) is 22.4. The van der Waals surface area contributed by atoms with E-state index in [4.69, 9.17) is 17.0 Å². The van der Waals surface area contributed by atoms with Crippen LogP contribution in [0.5, 0.6) is 5.75 Å². The number of carbonyl (C=O) groups excluding carboxylic acids is 2. The van der Waals surface area contributed by atoms with Gasteiger partial charge in [0.05, 0.1) is 6.61 Å². The van der Waals surface area contributed by atoms with Crippen molar-refractivity contribution in [3.63, 3.8) is 0 Å². The number of benzene rings is 2. The van der Waals surface area contributed by atoms with Crippen LogP contribution in [-0.4, -0.2) is 29.6 Å². The van der Waals surface area contributed by atoms with Crippen molar-refractivity contribution in [3.8, 4) is 5.75 Å². The molecule has 29 heavy (non-hydrogen) atoms. The van der Waals surface area contributed by atoms with Gasteiger partial charge in [0.25, 0.3) is 11.8 Å². The fraction of sp³-hybridized carbons (Fsp3) is 0.318. The molecule has 0 radical (unpaired) electrons. The molecule has 0 unspecified atom stereocenters. The summed E-state index contributed by atoms with van der Waals surface area (Å²) in [7, 11) is 0. The number of thiocarbonyl (C=S) groups is 1. The zero-order valence-electron chi connectivity index (χ0n) is 17.1. The molecule has 7 heteroatoms. The Labute approximate surface area is 177 Å². The number of anilines is 1.